The van der Waals surface area contributed by atoms with Gasteiger partial charge in [0, 0.05) is 0 Å². The average molecular weight is 219 g/mol. The predicted octanol–water partition coefficient (Wildman–Crippen LogP) is 3.55. The summed E-state index contributed by atoms with van der Waals surface area (Å²) < 4.78 is 0. The number of benzene rings is 1. The van der Waals surface area contributed by atoms with Gasteiger partial charge >= 0.3 is 0 Å². The van der Waals surface area contributed by atoms with E-state index < -0.39 is 0 Å². The summed E-state index contributed by atoms with van der Waals surface area (Å²) in [4.78, 5) is 0. The van der Waals surface area contributed by atoms with Gasteiger partial charge in [-0.2, -0.15) is 0 Å². The molecule has 90 valence electrons. The first kappa shape index (κ1) is 13.2. The Hall–Kier alpha value is -0.820. The highest BCUT2D eigenvalue weighted by atomic mass is 14.5. The molecule has 0 bridgehead atoms. The van der Waals surface area contributed by atoms with Crippen LogP contribution in [0.25, 0.3) is 0 Å². The molecule has 1 aromatic carbocycles. The van der Waals surface area contributed by atoms with Gasteiger partial charge in [0.05, 0.1) is 0 Å². The van der Waals surface area contributed by atoms with Crippen LogP contribution >= 0.6 is 0 Å². The molecule has 0 aliphatic carbocycles. The van der Waals surface area contributed by atoms with Gasteiger partial charge in [0.2, 0.25) is 0 Å². The van der Waals surface area contributed by atoms with Crippen molar-refractivity contribution in [3.8, 4) is 0 Å². The van der Waals surface area contributed by atoms with Gasteiger partial charge in [0.25, 0.3) is 0 Å². The summed E-state index contributed by atoms with van der Waals surface area (Å²) in [5.74, 6) is 0. The second kappa shape index (κ2) is 4.58. The molecule has 16 heavy (non-hydrogen) atoms. The summed E-state index contributed by atoms with van der Waals surface area (Å²) in [6, 6.07) is 2.28. The highest BCUT2D eigenvalue weighted by Crippen LogP contribution is 2.34. The molecule has 0 atom stereocenters. The van der Waals surface area contributed by atoms with Gasteiger partial charge in [0.1, 0.15) is 0 Å². The lowest BCUT2D eigenvalue weighted by molar-refractivity contribution is 0.481. The quantitative estimate of drug-likeness (QED) is 0.826. The Balaban J connectivity index is 3.42. The molecule has 0 heterocycles. The Morgan fingerprint density at radius 3 is 1.81 bits per heavy atom. The molecule has 1 heteroatoms. The van der Waals surface area contributed by atoms with Crippen LogP contribution in [0.15, 0.2) is 6.07 Å². The summed E-state index contributed by atoms with van der Waals surface area (Å²) in [6.07, 6.45) is 1.04. The molecule has 0 amide bonds. The molecule has 0 fully saturated rings. The normalized spacial score (nSPS) is 11.9. The van der Waals surface area contributed by atoms with E-state index in [1.807, 2.05) is 0 Å². The molecule has 0 radical (unpaired) electrons. The summed E-state index contributed by atoms with van der Waals surface area (Å²) in [5.41, 5.74) is 13.1. The zero-order valence-corrected chi connectivity index (χ0v) is 11.6. The standard InChI is InChI=1S/C15H25N/c1-10-9-11(2)13(4)14(12(10)3)15(5,6)7-8-16/h9H,7-8,16H2,1-6H3. The first-order valence-corrected chi connectivity index (χ1v) is 6.09. The predicted molar refractivity (Wildman–Crippen MR) is 72.1 cm³/mol. The third-order valence-corrected chi connectivity index (χ3v) is 3.81. The minimum atomic E-state index is 0.180. The van der Waals surface area contributed by atoms with E-state index in [4.69, 9.17) is 5.73 Å². The Kier molecular flexibility index (Phi) is 3.80. The highest BCUT2D eigenvalue weighted by Gasteiger charge is 2.25. The fraction of sp³-hybridized carbons (Fsp3) is 0.600. The zero-order chi connectivity index (χ0) is 12.5. The molecule has 1 aromatic rings. The molecule has 0 spiro atoms. The molecule has 1 rings (SSSR count). The molecule has 0 unspecified atom stereocenters. The molecule has 0 saturated heterocycles. The Labute approximate surface area is 100 Å². The van der Waals surface area contributed by atoms with E-state index in [9.17, 15) is 0 Å². The summed E-state index contributed by atoms with van der Waals surface area (Å²) in [7, 11) is 0. The van der Waals surface area contributed by atoms with E-state index >= 15 is 0 Å². The maximum Gasteiger partial charge on any atom is -0.00690 e. The maximum atomic E-state index is 5.73. The lowest BCUT2D eigenvalue weighted by Crippen LogP contribution is -2.24. The fourth-order valence-corrected chi connectivity index (χ4v) is 2.72. The minimum Gasteiger partial charge on any atom is -0.330 e. The van der Waals surface area contributed by atoms with Gasteiger partial charge in [-0.3, -0.25) is 0 Å². The molecule has 0 aliphatic rings. The molecule has 0 aliphatic heterocycles. The van der Waals surface area contributed by atoms with Gasteiger partial charge < -0.3 is 5.73 Å². The van der Waals surface area contributed by atoms with Crippen molar-refractivity contribution in [1.82, 2.24) is 0 Å². The Bertz CT molecular complexity index is 363. The van der Waals surface area contributed by atoms with E-state index in [1.165, 1.54) is 27.8 Å². The largest absolute Gasteiger partial charge is 0.330 e. The van der Waals surface area contributed by atoms with Crippen LogP contribution in [0.2, 0.25) is 0 Å². The first-order chi connectivity index (χ1) is 7.31. The summed E-state index contributed by atoms with van der Waals surface area (Å²) in [6.45, 7) is 14.2. The number of aryl methyl sites for hydroxylation is 2. The minimum absolute atomic E-state index is 0.180. The number of nitrogens with two attached hydrogens (primary N) is 1. The van der Waals surface area contributed by atoms with Crippen LogP contribution < -0.4 is 5.73 Å². The van der Waals surface area contributed by atoms with Crippen molar-refractivity contribution in [2.24, 2.45) is 5.73 Å². The van der Waals surface area contributed by atoms with Crippen LogP contribution in [-0.4, -0.2) is 6.54 Å². The van der Waals surface area contributed by atoms with Crippen LogP contribution in [-0.2, 0) is 5.41 Å². The Morgan fingerprint density at radius 1 is 1.00 bits per heavy atom. The monoisotopic (exact) mass is 219 g/mol. The topological polar surface area (TPSA) is 26.0 Å². The van der Waals surface area contributed by atoms with Crippen LogP contribution in [0.1, 0.15) is 48.1 Å². The summed E-state index contributed by atoms with van der Waals surface area (Å²) in [5, 5.41) is 0. The van der Waals surface area contributed by atoms with Crippen molar-refractivity contribution in [3.63, 3.8) is 0 Å². The SMILES string of the molecule is Cc1cc(C)c(C)c(C(C)(C)CCN)c1C. The van der Waals surface area contributed by atoms with Crippen LogP contribution in [0.4, 0.5) is 0 Å². The van der Waals surface area contributed by atoms with Crippen molar-refractivity contribution in [2.75, 3.05) is 6.54 Å². The second-order valence-corrected chi connectivity index (χ2v) is 5.56. The van der Waals surface area contributed by atoms with E-state index in [0.717, 1.165) is 13.0 Å². The van der Waals surface area contributed by atoms with Crippen molar-refractivity contribution in [3.05, 3.63) is 33.9 Å². The lowest BCUT2D eigenvalue weighted by Gasteiger charge is -2.30. The lowest BCUT2D eigenvalue weighted by atomic mass is 9.75. The van der Waals surface area contributed by atoms with E-state index in [2.05, 4.69) is 47.6 Å². The fourth-order valence-electron chi connectivity index (χ4n) is 2.72. The van der Waals surface area contributed by atoms with Crippen LogP contribution in [0.3, 0.4) is 0 Å². The smallest absolute Gasteiger partial charge is 0.00690 e. The third kappa shape index (κ3) is 2.30. The third-order valence-electron chi connectivity index (χ3n) is 3.81. The molecule has 0 aromatic heterocycles. The second-order valence-electron chi connectivity index (χ2n) is 5.56. The van der Waals surface area contributed by atoms with Crippen molar-refractivity contribution in [2.45, 2.75) is 53.4 Å². The van der Waals surface area contributed by atoms with Gasteiger partial charge in [-0.1, -0.05) is 19.9 Å². The van der Waals surface area contributed by atoms with Crippen LogP contribution in [0, 0.1) is 27.7 Å². The van der Waals surface area contributed by atoms with E-state index in [-0.39, 0.29) is 5.41 Å². The van der Waals surface area contributed by atoms with Crippen LogP contribution in [0.5, 0.6) is 0 Å². The number of hydrogen-bond acceptors (Lipinski definition) is 1. The van der Waals surface area contributed by atoms with Crippen molar-refractivity contribution >= 4 is 0 Å². The molecule has 2 N–H and O–H groups in total. The van der Waals surface area contributed by atoms with Crippen molar-refractivity contribution in [1.29, 1.82) is 0 Å². The van der Waals surface area contributed by atoms with E-state index in [0.29, 0.717) is 0 Å². The van der Waals surface area contributed by atoms with E-state index in [1.54, 1.807) is 0 Å². The average Bonchev–Trinajstić information content (AvgIpc) is 2.14. The molecule has 0 saturated carbocycles. The Morgan fingerprint density at radius 2 is 1.44 bits per heavy atom. The number of rotatable bonds is 3. The van der Waals surface area contributed by atoms with Gasteiger partial charge in [0.15, 0.2) is 0 Å². The maximum absolute atomic E-state index is 5.73. The molecular formula is C15H25N. The number of hydrogen-bond donors (Lipinski definition) is 1. The summed E-state index contributed by atoms with van der Waals surface area (Å²) >= 11 is 0. The molecular weight excluding hydrogens is 194 g/mol. The zero-order valence-electron chi connectivity index (χ0n) is 11.6. The highest BCUT2D eigenvalue weighted by molar-refractivity contribution is 5.47. The van der Waals surface area contributed by atoms with Gasteiger partial charge in [-0.05, 0) is 73.9 Å². The molecule has 1 nitrogen and oxygen atoms in total. The van der Waals surface area contributed by atoms with Crippen molar-refractivity contribution < 1.29 is 0 Å². The van der Waals surface area contributed by atoms with Gasteiger partial charge in [-0.15, -0.1) is 0 Å². The van der Waals surface area contributed by atoms with Gasteiger partial charge in [-0.25, -0.2) is 0 Å². The first-order valence-electron chi connectivity index (χ1n) is 6.09.